The lowest BCUT2D eigenvalue weighted by Crippen LogP contribution is -2.20. The number of benzene rings is 1. The SMILES string of the molecule is C=C(c1ccccc1)C(SC(C)(C)C)SC(C)(C)C. The predicted octanol–water partition coefficient (Wildman–Crippen LogP) is 6.09. The maximum atomic E-state index is 4.35. The lowest BCUT2D eigenvalue weighted by atomic mass is 10.1. The molecule has 0 bridgehead atoms. The van der Waals surface area contributed by atoms with E-state index in [0.29, 0.717) is 4.58 Å². The van der Waals surface area contributed by atoms with E-state index in [-0.39, 0.29) is 9.49 Å². The van der Waals surface area contributed by atoms with E-state index in [9.17, 15) is 0 Å². The Hall–Kier alpha value is -0.340. The molecule has 0 amide bonds. The van der Waals surface area contributed by atoms with Crippen LogP contribution in [0.15, 0.2) is 36.9 Å². The zero-order chi connectivity index (χ0) is 14.7. The van der Waals surface area contributed by atoms with Gasteiger partial charge in [-0.3, -0.25) is 0 Å². The van der Waals surface area contributed by atoms with Gasteiger partial charge in [0.2, 0.25) is 0 Å². The lowest BCUT2D eigenvalue weighted by Gasteiger charge is -2.31. The van der Waals surface area contributed by atoms with Gasteiger partial charge in [-0.25, -0.2) is 0 Å². The van der Waals surface area contributed by atoms with Gasteiger partial charge in [0.25, 0.3) is 0 Å². The van der Waals surface area contributed by atoms with Crippen molar-refractivity contribution in [1.29, 1.82) is 0 Å². The summed E-state index contributed by atoms with van der Waals surface area (Å²) in [6.45, 7) is 18.0. The van der Waals surface area contributed by atoms with E-state index >= 15 is 0 Å². The van der Waals surface area contributed by atoms with E-state index in [1.165, 1.54) is 11.1 Å². The van der Waals surface area contributed by atoms with Crippen molar-refractivity contribution in [3.63, 3.8) is 0 Å². The third-order valence-electron chi connectivity index (χ3n) is 2.35. The molecule has 106 valence electrons. The number of hydrogen-bond donors (Lipinski definition) is 0. The van der Waals surface area contributed by atoms with Crippen LogP contribution in [0.1, 0.15) is 47.1 Å². The first-order chi connectivity index (χ1) is 8.58. The fourth-order valence-corrected chi connectivity index (χ4v) is 5.36. The van der Waals surface area contributed by atoms with Crippen molar-refractivity contribution in [2.24, 2.45) is 0 Å². The Morgan fingerprint density at radius 1 is 0.895 bits per heavy atom. The smallest absolute Gasteiger partial charge is 0.0761 e. The molecule has 0 radical (unpaired) electrons. The highest BCUT2D eigenvalue weighted by atomic mass is 32.2. The van der Waals surface area contributed by atoms with Gasteiger partial charge in [0.15, 0.2) is 0 Å². The van der Waals surface area contributed by atoms with Crippen LogP contribution in [0.3, 0.4) is 0 Å². The third-order valence-corrected chi connectivity index (χ3v) is 5.34. The second kappa shape index (κ2) is 6.41. The van der Waals surface area contributed by atoms with E-state index in [1.807, 2.05) is 23.5 Å². The average Bonchev–Trinajstić information content (AvgIpc) is 2.24. The summed E-state index contributed by atoms with van der Waals surface area (Å²) < 4.78 is 0.865. The van der Waals surface area contributed by atoms with Gasteiger partial charge in [0, 0.05) is 9.49 Å². The maximum absolute atomic E-state index is 4.35. The zero-order valence-corrected chi connectivity index (χ0v) is 14.6. The van der Waals surface area contributed by atoms with Gasteiger partial charge < -0.3 is 0 Å². The summed E-state index contributed by atoms with van der Waals surface area (Å²) in [5, 5.41) is 0. The molecular weight excluding hydrogens is 268 g/mol. The molecule has 0 unspecified atom stereocenters. The minimum Gasteiger partial charge on any atom is -0.137 e. The molecule has 0 saturated carbocycles. The van der Waals surface area contributed by atoms with Gasteiger partial charge in [-0.1, -0.05) is 78.5 Å². The molecule has 0 N–H and O–H groups in total. The van der Waals surface area contributed by atoms with E-state index in [1.54, 1.807) is 0 Å². The first-order valence-electron chi connectivity index (χ1n) is 6.68. The Labute approximate surface area is 127 Å². The van der Waals surface area contributed by atoms with Crippen molar-refractivity contribution in [1.82, 2.24) is 0 Å². The normalized spacial score (nSPS) is 12.8. The lowest BCUT2D eigenvalue weighted by molar-refractivity contribution is 0.796. The summed E-state index contributed by atoms with van der Waals surface area (Å²) in [6.07, 6.45) is 0. The molecule has 0 saturated heterocycles. The molecule has 0 aromatic heterocycles. The van der Waals surface area contributed by atoms with Crippen molar-refractivity contribution in [3.8, 4) is 0 Å². The van der Waals surface area contributed by atoms with Crippen LogP contribution in [0, 0.1) is 0 Å². The molecule has 19 heavy (non-hydrogen) atoms. The van der Waals surface area contributed by atoms with Crippen LogP contribution in [0.2, 0.25) is 0 Å². The van der Waals surface area contributed by atoms with Crippen molar-refractivity contribution < 1.29 is 0 Å². The molecule has 0 atom stereocenters. The van der Waals surface area contributed by atoms with Gasteiger partial charge in [-0.05, 0) is 11.1 Å². The fraction of sp³-hybridized carbons (Fsp3) is 0.529. The highest BCUT2D eigenvalue weighted by molar-refractivity contribution is 8.18. The summed E-state index contributed by atoms with van der Waals surface area (Å²) in [5.74, 6) is 0. The monoisotopic (exact) mass is 294 g/mol. The van der Waals surface area contributed by atoms with E-state index in [0.717, 1.165) is 0 Å². The van der Waals surface area contributed by atoms with Crippen LogP contribution < -0.4 is 0 Å². The summed E-state index contributed by atoms with van der Waals surface area (Å²) in [5.41, 5.74) is 2.47. The van der Waals surface area contributed by atoms with Gasteiger partial charge in [0.1, 0.15) is 0 Å². The Morgan fingerprint density at radius 3 is 1.68 bits per heavy atom. The Balaban J connectivity index is 2.93. The third kappa shape index (κ3) is 6.58. The van der Waals surface area contributed by atoms with E-state index in [4.69, 9.17) is 0 Å². The van der Waals surface area contributed by atoms with Crippen LogP contribution in [0.4, 0.5) is 0 Å². The number of thioether (sulfide) groups is 2. The van der Waals surface area contributed by atoms with Crippen molar-refractivity contribution >= 4 is 29.1 Å². The molecule has 0 nitrogen and oxygen atoms in total. The Kier molecular flexibility index (Phi) is 5.64. The molecule has 0 heterocycles. The van der Waals surface area contributed by atoms with Crippen LogP contribution in [-0.4, -0.2) is 14.1 Å². The van der Waals surface area contributed by atoms with Gasteiger partial charge >= 0.3 is 0 Å². The first-order valence-corrected chi connectivity index (χ1v) is 8.44. The van der Waals surface area contributed by atoms with E-state index in [2.05, 4.69) is 78.5 Å². The molecule has 0 spiro atoms. The quantitative estimate of drug-likeness (QED) is 0.616. The van der Waals surface area contributed by atoms with Crippen LogP contribution in [0.25, 0.3) is 5.57 Å². The Bertz CT molecular complexity index is 391. The second-order valence-corrected chi connectivity index (χ2v) is 10.8. The van der Waals surface area contributed by atoms with Gasteiger partial charge in [-0.15, -0.1) is 23.5 Å². The zero-order valence-electron chi connectivity index (χ0n) is 13.0. The van der Waals surface area contributed by atoms with Crippen molar-refractivity contribution in [3.05, 3.63) is 42.5 Å². The molecule has 0 aliphatic rings. The average molecular weight is 295 g/mol. The topological polar surface area (TPSA) is 0 Å². The molecule has 0 aliphatic heterocycles. The minimum absolute atomic E-state index is 0.237. The molecule has 1 aromatic rings. The first kappa shape index (κ1) is 16.7. The predicted molar refractivity (Wildman–Crippen MR) is 94.0 cm³/mol. The van der Waals surface area contributed by atoms with Gasteiger partial charge in [0.05, 0.1) is 4.58 Å². The number of hydrogen-bond acceptors (Lipinski definition) is 2. The van der Waals surface area contributed by atoms with Crippen LogP contribution >= 0.6 is 23.5 Å². The van der Waals surface area contributed by atoms with Crippen LogP contribution in [0.5, 0.6) is 0 Å². The summed E-state index contributed by atoms with van der Waals surface area (Å²) in [6, 6.07) is 10.5. The van der Waals surface area contributed by atoms with Crippen molar-refractivity contribution in [2.45, 2.75) is 55.6 Å². The molecule has 1 rings (SSSR count). The summed E-state index contributed by atoms with van der Waals surface area (Å²) in [4.78, 5) is 0. The van der Waals surface area contributed by atoms with E-state index < -0.39 is 0 Å². The molecule has 0 aliphatic carbocycles. The molecule has 0 fully saturated rings. The fourth-order valence-electron chi connectivity index (χ4n) is 1.60. The molecule has 2 heteroatoms. The molecular formula is C17H26S2. The standard InChI is InChI=1S/C17H26S2/c1-13(14-11-9-8-10-12-14)15(18-16(2,3)4)19-17(5,6)7/h8-12,15H,1H2,2-7H3. The summed E-state index contributed by atoms with van der Waals surface area (Å²) >= 11 is 3.99. The van der Waals surface area contributed by atoms with Crippen molar-refractivity contribution in [2.75, 3.05) is 0 Å². The highest BCUT2D eigenvalue weighted by Gasteiger charge is 2.27. The maximum Gasteiger partial charge on any atom is 0.0761 e. The largest absolute Gasteiger partial charge is 0.137 e. The second-order valence-electron chi connectivity index (χ2n) is 6.68. The highest BCUT2D eigenvalue weighted by Crippen LogP contribution is 2.45. The van der Waals surface area contributed by atoms with Crippen LogP contribution in [-0.2, 0) is 0 Å². The summed E-state index contributed by atoms with van der Waals surface area (Å²) in [7, 11) is 0. The molecule has 1 aromatic carbocycles. The van der Waals surface area contributed by atoms with Gasteiger partial charge in [-0.2, -0.15) is 0 Å². The number of rotatable bonds is 4. The minimum atomic E-state index is 0.237. The Morgan fingerprint density at radius 2 is 1.32 bits per heavy atom.